The highest BCUT2D eigenvalue weighted by Crippen LogP contribution is 2.32. The number of nitrogens with zero attached hydrogens (tertiary/aromatic N) is 4. The maximum absolute atomic E-state index is 13.1. The third-order valence-electron chi connectivity index (χ3n) is 6.25. The fourth-order valence-corrected chi connectivity index (χ4v) is 4.75. The molecule has 1 N–H and O–H groups in total. The van der Waals surface area contributed by atoms with E-state index in [1.54, 1.807) is 18.5 Å². The maximum atomic E-state index is 13.1. The summed E-state index contributed by atoms with van der Waals surface area (Å²) in [6.07, 6.45) is 4.03. The van der Waals surface area contributed by atoms with E-state index >= 15 is 0 Å². The number of aryl methyl sites for hydroxylation is 2. The van der Waals surface area contributed by atoms with Crippen LogP contribution in [0.15, 0.2) is 36.7 Å². The topological polar surface area (TPSA) is 78.4 Å². The van der Waals surface area contributed by atoms with Crippen molar-refractivity contribution in [3.8, 4) is 0 Å². The van der Waals surface area contributed by atoms with E-state index in [1.807, 2.05) is 36.9 Å². The van der Waals surface area contributed by atoms with Crippen LogP contribution in [0.25, 0.3) is 0 Å². The summed E-state index contributed by atoms with van der Waals surface area (Å²) in [7, 11) is 0. The normalized spacial score (nSPS) is 20.9. The van der Waals surface area contributed by atoms with Crippen LogP contribution in [0.1, 0.15) is 38.5 Å². The van der Waals surface area contributed by atoms with Crippen LogP contribution in [0, 0.1) is 25.7 Å². The van der Waals surface area contributed by atoms with Gasteiger partial charge >= 0.3 is 0 Å². The standard InChI is InChI=1S/C23H29N5O2/c1-16-6-3-7-17(2)20(16)23(30)28-14-18-12-27(13-19(18)15-28)11-5-10-26-22(29)21-24-8-4-9-25-21/h3-4,6-9,18-19H,5,10-15H2,1-2H3,(H,26,29). The van der Waals surface area contributed by atoms with Crippen LogP contribution in [0.3, 0.4) is 0 Å². The molecule has 0 saturated carbocycles. The number of hydrogen-bond donors (Lipinski definition) is 1. The van der Waals surface area contributed by atoms with E-state index in [0.717, 1.165) is 55.8 Å². The molecule has 3 heterocycles. The maximum Gasteiger partial charge on any atom is 0.289 e. The van der Waals surface area contributed by atoms with Crippen LogP contribution in [0.5, 0.6) is 0 Å². The molecule has 0 spiro atoms. The Balaban J connectivity index is 1.21. The highest BCUT2D eigenvalue weighted by molar-refractivity contribution is 5.97. The van der Waals surface area contributed by atoms with Crippen LogP contribution in [0.4, 0.5) is 0 Å². The van der Waals surface area contributed by atoms with E-state index in [1.165, 1.54) is 0 Å². The minimum Gasteiger partial charge on any atom is -0.349 e. The molecule has 2 fully saturated rings. The summed E-state index contributed by atoms with van der Waals surface area (Å²) in [6, 6.07) is 7.73. The van der Waals surface area contributed by atoms with Gasteiger partial charge in [0.1, 0.15) is 0 Å². The van der Waals surface area contributed by atoms with Crippen molar-refractivity contribution >= 4 is 11.8 Å². The molecule has 2 unspecified atom stereocenters. The van der Waals surface area contributed by atoms with Gasteiger partial charge in [-0.05, 0) is 55.8 Å². The van der Waals surface area contributed by atoms with Gasteiger partial charge in [-0.1, -0.05) is 18.2 Å². The minimum atomic E-state index is -0.227. The second kappa shape index (κ2) is 8.92. The summed E-state index contributed by atoms with van der Waals surface area (Å²) in [5.74, 6) is 1.25. The number of rotatable bonds is 6. The Kier molecular flexibility index (Phi) is 6.08. The fourth-order valence-electron chi connectivity index (χ4n) is 4.75. The molecule has 7 nitrogen and oxygen atoms in total. The van der Waals surface area contributed by atoms with Crippen molar-refractivity contribution in [1.29, 1.82) is 0 Å². The van der Waals surface area contributed by atoms with Gasteiger partial charge in [0.25, 0.3) is 11.8 Å². The number of fused-ring (bicyclic) bond motifs is 1. The zero-order valence-corrected chi connectivity index (χ0v) is 17.7. The molecule has 7 heteroatoms. The summed E-state index contributed by atoms with van der Waals surface area (Å²) in [6.45, 7) is 9.33. The van der Waals surface area contributed by atoms with Crippen LogP contribution < -0.4 is 5.32 Å². The summed E-state index contributed by atoms with van der Waals surface area (Å²) >= 11 is 0. The van der Waals surface area contributed by atoms with Crippen molar-refractivity contribution in [2.24, 2.45) is 11.8 Å². The fraction of sp³-hybridized carbons (Fsp3) is 0.478. The average molecular weight is 408 g/mol. The molecular formula is C23H29N5O2. The molecule has 1 aromatic carbocycles. The van der Waals surface area contributed by atoms with E-state index in [0.29, 0.717) is 18.4 Å². The lowest BCUT2D eigenvalue weighted by molar-refractivity contribution is 0.0772. The smallest absolute Gasteiger partial charge is 0.289 e. The third kappa shape index (κ3) is 4.36. The van der Waals surface area contributed by atoms with Gasteiger partial charge in [-0.15, -0.1) is 0 Å². The molecule has 2 aromatic rings. The number of nitrogens with one attached hydrogen (secondary N) is 1. The Morgan fingerprint density at radius 2 is 1.63 bits per heavy atom. The van der Waals surface area contributed by atoms with E-state index < -0.39 is 0 Å². The first kappa shape index (κ1) is 20.5. The molecule has 2 aliphatic rings. The Morgan fingerprint density at radius 1 is 1.00 bits per heavy atom. The van der Waals surface area contributed by atoms with E-state index in [9.17, 15) is 9.59 Å². The highest BCUT2D eigenvalue weighted by atomic mass is 16.2. The molecular weight excluding hydrogens is 378 g/mol. The monoisotopic (exact) mass is 407 g/mol. The molecule has 2 atom stereocenters. The number of amides is 2. The lowest BCUT2D eigenvalue weighted by Gasteiger charge is -2.23. The van der Waals surface area contributed by atoms with E-state index in [2.05, 4.69) is 20.2 Å². The Hall–Kier alpha value is -2.80. The summed E-state index contributed by atoms with van der Waals surface area (Å²) in [5.41, 5.74) is 2.98. The molecule has 2 saturated heterocycles. The molecule has 2 amide bonds. The number of hydrogen-bond acceptors (Lipinski definition) is 5. The van der Waals surface area contributed by atoms with Gasteiger partial charge in [0.2, 0.25) is 5.82 Å². The van der Waals surface area contributed by atoms with Crippen LogP contribution >= 0.6 is 0 Å². The van der Waals surface area contributed by atoms with Gasteiger partial charge in [-0.2, -0.15) is 0 Å². The van der Waals surface area contributed by atoms with E-state index in [4.69, 9.17) is 0 Å². The van der Waals surface area contributed by atoms with Gasteiger partial charge in [-0.3, -0.25) is 9.59 Å². The van der Waals surface area contributed by atoms with Gasteiger partial charge < -0.3 is 15.1 Å². The van der Waals surface area contributed by atoms with E-state index in [-0.39, 0.29) is 17.6 Å². The predicted octanol–water partition coefficient (Wildman–Crippen LogP) is 1.92. The first-order valence-electron chi connectivity index (χ1n) is 10.7. The number of likely N-dealkylation sites (tertiary alicyclic amines) is 2. The van der Waals surface area contributed by atoms with Crippen LogP contribution in [0.2, 0.25) is 0 Å². The number of carbonyl (C=O) groups excluding carboxylic acids is 2. The van der Waals surface area contributed by atoms with Crippen molar-refractivity contribution in [3.63, 3.8) is 0 Å². The average Bonchev–Trinajstić information content (AvgIpc) is 3.30. The van der Waals surface area contributed by atoms with Gasteiger partial charge in [0, 0.05) is 50.7 Å². The molecule has 0 bridgehead atoms. The first-order chi connectivity index (χ1) is 14.5. The molecule has 1 aromatic heterocycles. The second-order valence-electron chi connectivity index (χ2n) is 8.44. The van der Waals surface area contributed by atoms with Crippen molar-refractivity contribution in [3.05, 3.63) is 59.2 Å². The third-order valence-corrected chi connectivity index (χ3v) is 6.25. The largest absolute Gasteiger partial charge is 0.349 e. The van der Waals surface area contributed by atoms with Crippen molar-refractivity contribution in [2.45, 2.75) is 20.3 Å². The van der Waals surface area contributed by atoms with Gasteiger partial charge in [-0.25, -0.2) is 9.97 Å². The molecule has 4 rings (SSSR count). The van der Waals surface area contributed by atoms with Crippen LogP contribution in [-0.2, 0) is 0 Å². The quantitative estimate of drug-likeness (QED) is 0.740. The Labute approximate surface area is 177 Å². The highest BCUT2D eigenvalue weighted by Gasteiger charge is 2.41. The molecule has 0 aliphatic carbocycles. The zero-order valence-electron chi connectivity index (χ0n) is 17.7. The summed E-state index contributed by atoms with van der Waals surface area (Å²) < 4.78 is 0. The molecule has 30 heavy (non-hydrogen) atoms. The Bertz CT molecular complexity index is 883. The van der Waals surface area contributed by atoms with Crippen molar-refractivity contribution < 1.29 is 9.59 Å². The van der Waals surface area contributed by atoms with Crippen molar-refractivity contribution in [1.82, 2.24) is 25.1 Å². The number of carbonyl (C=O) groups is 2. The zero-order chi connectivity index (χ0) is 21.1. The first-order valence-corrected chi connectivity index (χ1v) is 10.7. The van der Waals surface area contributed by atoms with Crippen molar-refractivity contribution in [2.75, 3.05) is 39.3 Å². The lowest BCUT2D eigenvalue weighted by atomic mass is 10.0. The number of aromatic nitrogens is 2. The second-order valence-corrected chi connectivity index (χ2v) is 8.44. The molecule has 0 radical (unpaired) electrons. The lowest BCUT2D eigenvalue weighted by Crippen LogP contribution is -2.35. The molecule has 2 aliphatic heterocycles. The Morgan fingerprint density at radius 3 is 2.27 bits per heavy atom. The number of benzene rings is 1. The summed E-state index contributed by atoms with van der Waals surface area (Å²) in [4.78, 5) is 37.5. The molecule has 158 valence electrons. The SMILES string of the molecule is Cc1cccc(C)c1C(=O)N1CC2CN(CCCNC(=O)c3ncccn3)CC2C1. The minimum absolute atomic E-state index is 0.178. The predicted molar refractivity (Wildman–Crippen MR) is 114 cm³/mol. The van der Waals surface area contributed by atoms with Gasteiger partial charge in [0.05, 0.1) is 0 Å². The van der Waals surface area contributed by atoms with Crippen LogP contribution in [-0.4, -0.2) is 70.9 Å². The summed E-state index contributed by atoms with van der Waals surface area (Å²) in [5, 5.41) is 2.88. The van der Waals surface area contributed by atoms with Gasteiger partial charge in [0.15, 0.2) is 0 Å².